The number of nitrogens with one attached hydrogen (secondary N) is 3. The molecule has 4 heterocycles. The number of anilines is 3. The van der Waals surface area contributed by atoms with Crippen LogP contribution in [0.5, 0.6) is 0 Å². The van der Waals surface area contributed by atoms with E-state index in [1.54, 1.807) is 29.9 Å². The summed E-state index contributed by atoms with van der Waals surface area (Å²) in [4.78, 5) is 44.2. The minimum absolute atomic E-state index is 0.0276. The molecule has 0 bridgehead atoms. The van der Waals surface area contributed by atoms with Crippen LogP contribution >= 0.6 is 0 Å². The van der Waals surface area contributed by atoms with Crippen molar-refractivity contribution >= 4 is 34.7 Å². The molecule has 0 radical (unpaired) electrons. The Bertz CT molecular complexity index is 1320. The summed E-state index contributed by atoms with van der Waals surface area (Å²) in [5.74, 6) is 0.345. The molecule has 3 N–H and O–H groups in total. The number of likely N-dealkylation sites (tertiary alicyclic amines) is 1. The fourth-order valence-corrected chi connectivity index (χ4v) is 4.50. The number of nitrogens with zero attached hydrogens (tertiary/aromatic N) is 5. The maximum atomic E-state index is 13.3. The average Bonchev–Trinajstić information content (AvgIpc) is 3.59. The lowest BCUT2D eigenvalue weighted by Gasteiger charge is -2.33. The molecule has 3 aromatic rings. The van der Waals surface area contributed by atoms with Crippen LogP contribution in [0.3, 0.4) is 0 Å². The Labute approximate surface area is 202 Å². The summed E-state index contributed by atoms with van der Waals surface area (Å²) in [5.41, 5.74) is 1.77. The van der Waals surface area contributed by atoms with E-state index in [-0.39, 0.29) is 29.5 Å². The van der Waals surface area contributed by atoms with E-state index in [1.165, 1.54) is 10.7 Å². The third-order valence-corrected chi connectivity index (χ3v) is 6.63. The van der Waals surface area contributed by atoms with Crippen LogP contribution in [0, 0.1) is 0 Å². The molecule has 1 aliphatic carbocycles. The summed E-state index contributed by atoms with van der Waals surface area (Å²) in [7, 11) is 1.77. The zero-order valence-electron chi connectivity index (χ0n) is 20.0. The van der Waals surface area contributed by atoms with Gasteiger partial charge in [0.25, 0.3) is 11.5 Å². The summed E-state index contributed by atoms with van der Waals surface area (Å²) in [6.07, 6.45) is 7.24. The molecule has 35 heavy (non-hydrogen) atoms. The third kappa shape index (κ3) is 4.58. The van der Waals surface area contributed by atoms with Crippen LogP contribution in [-0.4, -0.2) is 62.1 Å². The van der Waals surface area contributed by atoms with E-state index in [9.17, 15) is 14.4 Å². The molecule has 0 unspecified atom stereocenters. The Morgan fingerprint density at radius 3 is 2.60 bits per heavy atom. The number of hydrogen-bond donors (Lipinski definition) is 3. The van der Waals surface area contributed by atoms with Gasteiger partial charge in [-0.3, -0.25) is 14.4 Å². The van der Waals surface area contributed by atoms with Crippen molar-refractivity contribution in [3.63, 3.8) is 0 Å². The number of amides is 2. The van der Waals surface area contributed by atoms with Gasteiger partial charge in [0.15, 0.2) is 17.2 Å². The van der Waals surface area contributed by atoms with Gasteiger partial charge in [-0.25, -0.2) is 9.50 Å². The van der Waals surface area contributed by atoms with Crippen LogP contribution in [0.1, 0.15) is 55.6 Å². The van der Waals surface area contributed by atoms with Crippen LogP contribution in [0.2, 0.25) is 0 Å². The Balaban J connectivity index is 1.40. The number of piperidine rings is 1. The lowest BCUT2D eigenvalue weighted by molar-refractivity contribution is -0.132. The smallest absolute Gasteiger partial charge is 0.274 e. The van der Waals surface area contributed by atoms with Gasteiger partial charge in [0.05, 0.1) is 11.9 Å². The van der Waals surface area contributed by atoms with Crippen LogP contribution in [0.25, 0.3) is 5.65 Å². The van der Waals surface area contributed by atoms with Crippen molar-refractivity contribution < 1.29 is 9.59 Å². The van der Waals surface area contributed by atoms with Gasteiger partial charge in [-0.15, -0.1) is 5.10 Å². The second-order valence-electron chi connectivity index (χ2n) is 9.04. The first-order valence-corrected chi connectivity index (χ1v) is 12.1. The average molecular weight is 479 g/mol. The van der Waals surface area contributed by atoms with Gasteiger partial charge in [0, 0.05) is 50.9 Å². The van der Waals surface area contributed by atoms with Crippen LogP contribution in [0.15, 0.2) is 35.4 Å². The van der Waals surface area contributed by atoms with Gasteiger partial charge in [0.1, 0.15) is 5.69 Å². The molecule has 184 valence electrons. The van der Waals surface area contributed by atoms with E-state index in [4.69, 9.17) is 0 Å². The van der Waals surface area contributed by atoms with Gasteiger partial charge >= 0.3 is 0 Å². The van der Waals surface area contributed by atoms with Crippen LogP contribution in [-0.2, 0) is 4.79 Å². The summed E-state index contributed by atoms with van der Waals surface area (Å²) in [5, 5.41) is 13.7. The highest BCUT2D eigenvalue weighted by molar-refractivity contribution is 5.94. The number of carbonyl (C=O) groups is 2. The lowest BCUT2D eigenvalue weighted by Crippen LogP contribution is -2.40. The molecule has 0 atom stereocenters. The molecule has 3 aromatic heterocycles. The summed E-state index contributed by atoms with van der Waals surface area (Å²) >= 11 is 0. The van der Waals surface area contributed by atoms with Crippen molar-refractivity contribution in [2.75, 3.05) is 30.8 Å². The standard InChI is InChI=1S/C24H30N8O3/c1-3-21(33)30-11-8-16(9-12-30)31-10-4-5-17(24(31)35)28-20-13-18(25-2)22-26-14-19(32(22)29-20)23(34)27-15-6-7-15/h4-5,10,13-16,25H,3,6-9,11-12H2,1-2H3,(H,27,34)(H,28,29). The maximum absolute atomic E-state index is 13.3. The van der Waals surface area contributed by atoms with Crippen LogP contribution in [0.4, 0.5) is 17.2 Å². The highest BCUT2D eigenvalue weighted by Gasteiger charge is 2.26. The first-order chi connectivity index (χ1) is 17.0. The second kappa shape index (κ2) is 9.40. The molecule has 1 saturated heterocycles. The Hall–Kier alpha value is -3.89. The van der Waals surface area contributed by atoms with Crippen molar-refractivity contribution in [3.05, 3.63) is 46.6 Å². The normalized spacial score (nSPS) is 16.3. The minimum atomic E-state index is -0.221. The van der Waals surface area contributed by atoms with Gasteiger partial charge in [-0.2, -0.15) is 0 Å². The molecule has 1 saturated carbocycles. The van der Waals surface area contributed by atoms with Crippen molar-refractivity contribution in [1.82, 2.24) is 29.4 Å². The largest absolute Gasteiger partial charge is 0.385 e. The van der Waals surface area contributed by atoms with E-state index in [2.05, 4.69) is 26.0 Å². The lowest BCUT2D eigenvalue weighted by atomic mass is 10.0. The number of imidazole rings is 1. The molecule has 0 spiro atoms. The van der Waals surface area contributed by atoms with Gasteiger partial charge in [0.2, 0.25) is 5.91 Å². The first kappa shape index (κ1) is 22.9. The van der Waals surface area contributed by atoms with E-state index < -0.39 is 0 Å². The zero-order chi connectivity index (χ0) is 24.5. The Morgan fingerprint density at radius 2 is 1.91 bits per heavy atom. The summed E-state index contributed by atoms with van der Waals surface area (Å²) in [6, 6.07) is 5.55. The van der Waals surface area contributed by atoms with E-state index in [0.29, 0.717) is 48.0 Å². The highest BCUT2D eigenvalue weighted by Crippen LogP contribution is 2.25. The monoisotopic (exact) mass is 478 g/mol. The molecule has 2 aliphatic rings. The zero-order valence-corrected chi connectivity index (χ0v) is 20.0. The number of rotatable bonds is 7. The summed E-state index contributed by atoms with van der Waals surface area (Å²) in [6.45, 7) is 3.17. The molecular formula is C24H30N8O3. The number of aromatic nitrogens is 4. The van der Waals surface area contributed by atoms with Crippen molar-refractivity contribution in [2.24, 2.45) is 0 Å². The fourth-order valence-electron chi connectivity index (χ4n) is 4.50. The molecule has 11 nitrogen and oxygen atoms in total. The van der Waals surface area contributed by atoms with Crippen molar-refractivity contribution in [1.29, 1.82) is 0 Å². The van der Waals surface area contributed by atoms with Gasteiger partial charge in [-0.05, 0) is 37.8 Å². The third-order valence-electron chi connectivity index (χ3n) is 6.63. The second-order valence-corrected chi connectivity index (χ2v) is 9.04. The van der Waals surface area contributed by atoms with E-state index in [1.807, 2.05) is 17.9 Å². The molecule has 11 heteroatoms. The Morgan fingerprint density at radius 1 is 1.14 bits per heavy atom. The molecule has 5 rings (SSSR count). The summed E-state index contributed by atoms with van der Waals surface area (Å²) < 4.78 is 3.23. The number of carbonyl (C=O) groups excluding carboxylic acids is 2. The number of pyridine rings is 1. The van der Waals surface area contributed by atoms with E-state index in [0.717, 1.165) is 25.7 Å². The first-order valence-electron chi connectivity index (χ1n) is 12.1. The van der Waals surface area contributed by atoms with Crippen molar-refractivity contribution in [3.8, 4) is 0 Å². The van der Waals surface area contributed by atoms with E-state index >= 15 is 0 Å². The topological polar surface area (TPSA) is 126 Å². The van der Waals surface area contributed by atoms with Gasteiger partial charge < -0.3 is 25.4 Å². The van der Waals surface area contributed by atoms with Gasteiger partial charge in [-0.1, -0.05) is 6.92 Å². The maximum Gasteiger partial charge on any atom is 0.274 e. The minimum Gasteiger partial charge on any atom is -0.385 e. The highest BCUT2D eigenvalue weighted by atomic mass is 16.2. The molecule has 1 aliphatic heterocycles. The molecular weight excluding hydrogens is 448 g/mol. The Kier molecular flexibility index (Phi) is 6.14. The van der Waals surface area contributed by atoms with Crippen molar-refractivity contribution in [2.45, 2.75) is 51.1 Å². The number of hydrogen-bond acceptors (Lipinski definition) is 7. The number of fused-ring (bicyclic) bond motifs is 1. The van der Waals surface area contributed by atoms with Crippen LogP contribution < -0.4 is 21.5 Å². The predicted molar refractivity (Wildman–Crippen MR) is 132 cm³/mol. The quantitative estimate of drug-likeness (QED) is 0.475. The SMILES string of the molecule is CCC(=O)N1CCC(n2cccc(Nc3cc(NC)c4ncc(C(=O)NC5CC5)n4n3)c2=O)CC1. The molecule has 2 fully saturated rings. The molecule has 0 aromatic carbocycles. The molecule has 2 amide bonds. The predicted octanol–water partition coefficient (Wildman–Crippen LogP) is 2.14. The fraction of sp³-hybridized carbons (Fsp3) is 0.458.